The van der Waals surface area contributed by atoms with Crippen LogP contribution in [0.25, 0.3) is 11.0 Å². The maximum absolute atomic E-state index is 12.2. The lowest BCUT2D eigenvalue weighted by Gasteiger charge is -2.06. The number of aryl methyl sites for hydroxylation is 1. The van der Waals surface area contributed by atoms with Gasteiger partial charge < -0.3 is 14.8 Å². The van der Waals surface area contributed by atoms with Crippen LogP contribution in [0.4, 0.5) is 0 Å². The Kier molecular flexibility index (Phi) is 4.61. The molecule has 0 saturated carbocycles. The molecule has 0 saturated heterocycles. The first-order valence-corrected chi connectivity index (χ1v) is 7.72. The minimum Gasteiger partial charge on any atom is -0.508 e. The summed E-state index contributed by atoms with van der Waals surface area (Å²) in [5.41, 5.74) is 0.707. The van der Waals surface area contributed by atoms with Gasteiger partial charge in [-0.25, -0.2) is 4.79 Å². The summed E-state index contributed by atoms with van der Waals surface area (Å²) in [6.45, 7) is 0.473. The van der Waals surface area contributed by atoms with Crippen molar-refractivity contribution in [1.29, 1.82) is 0 Å². The van der Waals surface area contributed by atoms with Crippen LogP contribution < -0.4 is 10.9 Å². The van der Waals surface area contributed by atoms with E-state index in [1.165, 1.54) is 23.8 Å². The Bertz CT molecular complexity index is 916. The number of carbonyl (C=O) groups is 1. The lowest BCUT2D eigenvalue weighted by molar-refractivity contribution is 0.0949. The van der Waals surface area contributed by atoms with Crippen LogP contribution in [0.15, 0.2) is 63.8 Å². The van der Waals surface area contributed by atoms with Gasteiger partial charge in [-0.3, -0.25) is 4.79 Å². The van der Waals surface area contributed by atoms with E-state index in [1.807, 2.05) is 30.3 Å². The van der Waals surface area contributed by atoms with Crippen molar-refractivity contribution >= 4 is 16.9 Å². The van der Waals surface area contributed by atoms with E-state index in [-0.39, 0.29) is 16.9 Å². The molecule has 0 aliphatic carbocycles. The van der Waals surface area contributed by atoms with E-state index in [0.29, 0.717) is 11.9 Å². The Morgan fingerprint density at radius 2 is 1.88 bits per heavy atom. The van der Waals surface area contributed by atoms with Crippen molar-refractivity contribution in [1.82, 2.24) is 5.32 Å². The maximum atomic E-state index is 12.2. The van der Waals surface area contributed by atoms with Gasteiger partial charge in [0.2, 0.25) is 0 Å². The molecule has 0 spiro atoms. The third kappa shape index (κ3) is 3.63. The number of hydrogen-bond acceptors (Lipinski definition) is 4. The quantitative estimate of drug-likeness (QED) is 0.559. The van der Waals surface area contributed by atoms with E-state index in [4.69, 9.17) is 4.42 Å². The van der Waals surface area contributed by atoms with E-state index in [0.717, 1.165) is 12.8 Å². The molecule has 1 aromatic heterocycles. The van der Waals surface area contributed by atoms with Gasteiger partial charge in [0.25, 0.3) is 5.91 Å². The molecule has 0 bridgehead atoms. The standard InChI is InChI=1S/C19H17NO4/c21-15-9-8-14-11-16(19(23)24-17(14)12-15)18(22)20-10-4-7-13-5-2-1-3-6-13/h1-3,5-6,8-9,11-12,21H,4,7,10H2,(H,20,22). The predicted octanol–water partition coefficient (Wildman–Crippen LogP) is 2.86. The van der Waals surface area contributed by atoms with Gasteiger partial charge in [-0.1, -0.05) is 30.3 Å². The highest BCUT2D eigenvalue weighted by atomic mass is 16.4. The van der Waals surface area contributed by atoms with Crippen molar-refractivity contribution in [3.05, 3.63) is 76.1 Å². The highest BCUT2D eigenvalue weighted by Gasteiger charge is 2.13. The summed E-state index contributed by atoms with van der Waals surface area (Å²) in [5, 5.41) is 12.7. The lowest BCUT2D eigenvalue weighted by atomic mass is 10.1. The first kappa shape index (κ1) is 15.8. The number of amides is 1. The molecule has 0 aliphatic rings. The van der Waals surface area contributed by atoms with Crippen LogP contribution in [0.1, 0.15) is 22.3 Å². The van der Waals surface area contributed by atoms with Crippen LogP contribution in [0.2, 0.25) is 0 Å². The molecule has 5 nitrogen and oxygen atoms in total. The molecule has 1 heterocycles. The van der Waals surface area contributed by atoms with Gasteiger partial charge in [0, 0.05) is 18.0 Å². The minimum atomic E-state index is -0.714. The zero-order valence-corrected chi connectivity index (χ0v) is 13.0. The second-order valence-corrected chi connectivity index (χ2v) is 5.51. The molecule has 24 heavy (non-hydrogen) atoms. The van der Waals surface area contributed by atoms with Crippen molar-refractivity contribution in [2.75, 3.05) is 6.54 Å². The van der Waals surface area contributed by atoms with Crippen LogP contribution in [-0.2, 0) is 6.42 Å². The van der Waals surface area contributed by atoms with Crippen molar-refractivity contribution in [2.24, 2.45) is 0 Å². The topological polar surface area (TPSA) is 79.5 Å². The van der Waals surface area contributed by atoms with Crippen LogP contribution in [-0.4, -0.2) is 17.6 Å². The van der Waals surface area contributed by atoms with Gasteiger partial charge in [0.05, 0.1) is 0 Å². The molecule has 122 valence electrons. The molecule has 3 rings (SSSR count). The van der Waals surface area contributed by atoms with Crippen molar-refractivity contribution in [3.63, 3.8) is 0 Å². The Hall–Kier alpha value is -3.08. The Morgan fingerprint density at radius 3 is 2.67 bits per heavy atom. The van der Waals surface area contributed by atoms with E-state index in [2.05, 4.69) is 5.32 Å². The molecular formula is C19H17NO4. The molecule has 3 aromatic rings. The van der Waals surface area contributed by atoms with Crippen LogP contribution in [0.3, 0.4) is 0 Å². The monoisotopic (exact) mass is 323 g/mol. The highest BCUT2D eigenvalue weighted by Crippen LogP contribution is 2.19. The smallest absolute Gasteiger partial charge is 0.349 e. The van der Waals surface area contributed by atoms with E-state index in [9.17, 15) is 14.7 Å². The molecule has 0 unspecified atom stereocenters. The van der Waals surface area contributed by atoms with E-state index in [1.54, 1.807) is 6.07 Å². The number of aromatic hydroxyl groups is 1. The summed E-state index contributed by atoms with van der Waals surface area (Å²) in [6.07, 6.45) is 1.63. The van der Waals surface area contributed by atoms with Crippen molar-refractivity contribution < 1.29 is 14.3 Å². The predicted molar refractivity (Wildman–Crippen MR) is 91.2 cm³/mol. The van der Waals surface area contributed by atoms with Crippen LogP contribution >= 0.6 is 0 Å². The fourth-order valence-corrected chi connectivity index (χ4v) is 2.49. The van der Waals surface area contributed by atoms with Gasteiger partial charge in [0.1, 0.15) is 16.9 Å². The average molecular weight is 323 g/mol. The molecule has 0 aliphatic heterocycles. The highest BCUT2D eigenvalue weighted by molar-refractivity contribution is 5.96. The summed E-state index contributed by atoms with van der Waals surface area (Å²) in [5.74, 6) is -0.449. The summed E-state index contributed by atoms with van der Waals surface area (Å²) in [4.78, 5) is 24.1. The molecule has 2 aromatic carbocycles. The summed E-state index contributed by atoms with van der Waals surface area (Å²) >= 11 is 0. The number of phenolic OH excluding ortho intramolecular Hbond substituents is 1. The van der Waals surface area contributed by atoms with Crippen LogP contribution in [0.5, 0.6) is 5.75 Å². The fourth-order valence-electron chi connectivity index (χ4n) is 2.49. The number of nitrogens with one attached hydrogen (secondary N) is 1. The molecule has 0 fully saturated rings. The van der Waals surface area contributed by atoms with Gasteiger partial charge in [-0.2, -0.15) is 0 Å². The third-order valence-electron chi connectivity index (χ3n) is 3.73. The Balaban J connectivity index is 1.64. The number of benzene rings is 2. The number of rotatable bonds is 5. The zero-order chi connectivity index (χ0) is 16.9. The van der Waals surface area contributed by atoms with E-state index < -0.39 is 11.5 Å². The molecule has 2 N–H and O–H groups in total. The average Bonchev–Trinajstić information content (AvgIpc) is 2.58. The number of phenols is 1. The van der Waals surface area contributed by atoms with Crippen LogP contribution in [0, 0.1) is 0 Å². The third-order valence-corrected chi connectivity index (χ3v) is 3.73. The normalized spacial score (nSPS) is 10.7. The first-order valence-electron chi connectivity index (χ1n) is 7.72. The number of carbonyl (C=O) groups excluding carboxylic acids is 1. The van der Waals surface area contributed by atoms with E-state index >= 15 is 0 Å². The van der Waals surface area contributed by atoms with Gasteiger partial charge in [-0.05, 0) is 36.6 Å². The first-order chi connectivity index (χ1) is 11.6. The second kappa shape index (κ2) is 7.00. The van der Waals surface area contributed by atoms with Gasteiger partial charge in [0.15, 0.2) is 0 Å². The largest absolute Gasteiger partial charge is 0.508 e. The zero-order valence-electron chi connectivity index (χ0n) is 13.0. The number of hydrogen-bond donors (Lipinski definition) is 2. The fraction of sp³-hybridized carbons (Fsp3) is 0.158. The molecule has 0 radical (unpaired) electrons. The Labute approximate surface area is 138 Å². The molecular weight excluding hydrogens is 306 g/mol. The Morgan fingerprint density at radius 1 is 1.08 bits per heavy atom. The SMILES string of the molecule is O=C(NCCCc1ccccc1)c1cc2ccc(O)cc2oc1=O. The summed E-state index contributed by atoms with van der Waals surface area (Å²) in [6, 6.07) is 15.9. The van der Waals surface area contributed by atoms with Crippen molar-refractivity contribution in [2.45, 2.75) is 12.8 Å². The van der Waals surface area contributed by atoms with Crippen molar-refractivity contribution in [3.8, 4) is 5.75 Å². The second-order valence-electron chi connectivity index (χ2n) is 5.51. The molecule has 0 atom stereocenters. The number of fused-ring (bicyclic) bond motifs is 1. The summed E-state index contributed by atoms with van der Waals surface area (Å²) in [7, 11) is 0. The lowest BCUT2D eigenvalue weighted by Crippen LogP contribution is -2.29. The molecule has 5 heteroatoms. The summed E-state index contributed by atoms with van der Waals surface area (Å²) < 4.78 is 5.09. The van der Waals surface area contributed by atoms with Gasteiger partial charge >= 0.3 is 5.63 Å². The molecule has 1 amide bonds. The maximum Gasteiger partial charge on any atom is 0.349 e. The van der Waals surface area contributed by atoms with Gasteiger partial charge in [-0.15, -0.1) is 0 Å². The minimum absolute atomic E-state index is 0.00348.